The molecule has 0 amide bonds. The lowest BCUT2D eigenvalue weighted by Gasteiger charge is -2.50. The van der Waals surface area contributed by atoms with Crippen molar-refractivity contribution in [3.63, 3.8) is 0 Å². The maximum Gasteiger partial charge on any atom is 0.331 e. The molecule has 0 unspecified atom stereocenters. The van der Waals surface area contributed by atoms with Crippen molar-refractivity contribution in [1.29, 1.82) is 0 Å². The molecule has 318 valence electrons. The van der Waals surface area contributed by atoms with Gasteiger partial charge in [0.25, 0.3) is 0 Å². The van der Waals surface area contributed by atoms with Crippen LogP contribution in [0.2, 0.25) is 36.3 Å². The minimum atomic E-state index is -2.18. The van der Waals surface area contributed by atoms with Crippen molar-refractivity contribution in [2.24, 2.45) is 16.7 Å². The Morgan fingerprint density at radius 2 is 1.55 bits per heavy atom. The van der Waals surface area contributed by atoms with Gasteiger partial charge in [0.2, 0.25) is 0 Å². The summed E-state index contributed by atoms with van der Waals surface area (Å²) in [6, 6.07) is 0. The first-order valence-electron chi connectivity index (χ1n) is 21.0. The lowest BCUT2D eigenvalue weighted by molar-refractivity contribution is -0.202. The summed E-state index contributed by atoms with van der Waals surface area (Å²) in [6.45, 7) is 35.2. The highest BCUT2D eigenvalue weighted by molar-refractivity contribution is 6.74. The first kappa shape index (κ1) is 48.3. The van der Waals surface area contributed by atoms with Crippen molar-refractivity contribution in [1.82, 2.24) is 0 Å². The second-order valence-corrected chi connectivity index (χ2v) is 30.4. The normalized spacial score (nSPS) is 33.6. The smallest absolute Gasteiger partial charge is 0.331 e. The van der Waals surface area contributed by atoms with Crippen LogP contribution in [0, 0.1) is 16.7 Å². The largest absolute Gasteiger partial charge is 0.465 e. The molecule has 10 heteroatoms. The van der Waals surface area contributed by atoms with Gasteiger partial charge in [-0.2, -0.15) is 0 Å². The van der Waals surface area contributed by atoms with E-state index in [1.165, 1.54) is 6.08 Å². The third-order valence-corrected chi connectivity index (χ3v) is 21.8. The van der Waals surface area contributed by atoms with Crippen LogP contribution < -0.4 is 0 Å². The summed E-state index contributed by atoms with van der Waals surface area (Å²) in [4.78, 5) is 26.3. The number of ether oxygens (including phenoxy) is 4. The lowest BCUT2D eigenvalue weighted by atomic mass is 9.73. The minimum Gasteiger partial charge on any atom is -0.465 e. The Bertz CT molecular complexity index is 1470. The molecule has 3 heterocycles. The molecule has 0 aliphatic carbocycles. The molecular formula is C46H78O8Si2. The summed E-state index contributed by atoms with van der Waals surface area (Å²) in [5.41, 5.74) is -0.156. The zero-order valence-electron chi connectivity index (χ0n) is 38.0. The molecule has 0 N–H and O–H groups in total. The van der Waals surface area contributed by atoms with Crippen molar-refractivity contribution in [3.8, 4) is 0 Å². The molecule has 0 aromatic heterocycles. The number of carbonyl (C=O) groups is 2. The van der Waals surface area contributed by atoms with Crippen molar-refractivity contribution in [2.45, 2.75) is 188 Å². The maximum absolute atomic E-state index is 13.6. The number of fused-ring (bicyclic) bond motifs is 4. The van der Waals surface area contributed by atoms with Crippen molar-refractivity contribution < 1.29 is 37.4 Å². The molecule has 0 aromatic carbocycles. The van der Waals surface area contributed by atoms with Gasteiger partial charge in [0, 0.05) is 31.4 Å². The fraction of sp³-hybridized carbons (Fsp3) is 0.739. The standard InChI is InChI=1S/C46H78O8Si2/c1-33-23-19-17-20-25-36-31-40(46(12,32-50-55(13,14)44(6,7)8)39(52-36)27-28-49-42(48)43(3,4)5)53-41(47)26-22-18-21-24-35-30-38(34(2)37(29-33)51-35)54-56(15,16)45(9,10)11/h18-23,25-26,29,34-40H,17,24,27-28,30-32H2,1-16H3/b21-18+,23-19+,25-20-,26-22+,33-29-/t34-,35-,36-,37+,38-,39+,40-,46+/m1/s1. The van der Waals surface area contributed by atoms with Gasteiger partial charge in [-0.05, 0) is 83.2 Å². The van der Waals surface area contributed by atoms with Crippen LogP contribution in [0.1, 0.15) is 115 Å². The monoisotopic (exact) mass is 815 g/mol. The van der Waals surface area contributed by atoms with Gasteiger partial charge in [-0.15, -0.1) is 0 Å². The van der Waals surface area contributed by atoms with Gasteiger partial charge in [0.1, 0.15) is 6.10 Å². The molecule has 2 fully saturated rings. The van der Waals surface area contributed by atoms with E-state index in [9.17, 15) is 9.59 Å². The average molecular weight is 815 g/mol. The van der Waals surface area contributed by atoms with E-state index in [2.05, 4.69) is 125 Å². The number of carbonyl (C=O) groups excluding carboxylic acids is 2. The van der Waals surface area contributed by atoms with Crippen LogP contribution in [-0.4, -0.2) is 78.4 Å². The van der Waals surface area contributed by atoms with E-state index in [4.69, 9.17) is 27.8 Å². The molecule has 2 saturated heterocycles. The number of hydrogen-bond donors (Lipinski definition) is 0. The Balaban J connectivity index is 1.96. The minimum absolute atomic E-state index is 0.00875. The topological polar surface area (TPSA) is 89.5 Å². The summed E-state index contributed by atoms with van der Waals surface area (Å²) in [7, 11) is -4.19. The van der Waals surface area contributed by atoms with Gasteiger partial charge < -0.3 is 27.8 Å². The van der Waals surface area contributed by atoms with Crippen molar-refractivity contribution in [2.75, 3.05) is 13.2 Å². The van der Waals surface area contributed by atoms with Crippen LogP contribution in [0.3, 0.4) is 0 Å². The molecular weight excluding hydrogens is 737 g/mol. The van der Waals surface area contributed by atoms with Gasteiger partial charge in [-0.25, -0.2) is 4.79 Å². The van der Waals surface area contributed by atoms with Crippen LogP contribution in [0.15, 0.2) is 60.3 Å². The molecule has 3 aliphatic rings. The van der Waals surface area contributed by atoms with E-state index in [1.54, 1.807) is 6.08 Å². The van der Waals surface area contributed by atoms with E-state index in [0.717, 1.165) is 12.0 Å². The highest BCUT2D eigenvalue weighted by atomic mass is 28.4. The predicted octanol–water partition coefficient (Wildman–Crippen LogP) is 11.2. The number of rotatable bonds is 8. The molecule has 4 bridgehead atoms. The highest BCUT2D eigenvalue weighted by Gasteiger charge is 2.52. The van der Waals surface area contributed by atoms with E-state index < -0.39 is 45.6 Å². The van der Waals surface area contributed by atoms with Crippen LogP contribution in [0.25, 0.3) is 0 Å². The van der Waals surface area contributed by atoms with Crippen molar-refractivity contribution in [3.05, 3.63) is 60.3 Å². The third-order valence-electron chi connectivity index (χ3n) is 12.8. The Labute approximate surface area is 343 Å². The fourth-order valence-electron chi connectivity index (χ4n) is 6.67. The number of allylic oxidation sites excluding steroid dienone is 6. The third kappa shape index (κ3) is 13.5. The molecule has 0 radical (unpaired) electrons. The van der Waals surface area contributed by atoms with Crippen LogP contribution in [0.4, 0.5) is 0 Å². The van der Waals surface area contributed by atoms with E-state index in [1.807, 2.05) is 26.8 Å². The van der Waals surface area contributed by atoms with Gasteiger partial charge in [-0.1, -0.05) is 110 Å². The Morgan fingerprint density at radius 1 is 0.893 bits per heavy atom. The highest BCUT2D eigenvalue weighted by Crippen LogP contribution is 2.45. The Kier molecular flexibility index (Phi) is 16.7. The summed E-state index contributed by atoms with van der Waals surface area (Å²) < 4.78 is 39.5. The number of esters is 2. The summed E-state index contributed by atoms with van der Waals surface area (Å²) in [5, 5.41) is 0.103. The average Bonchev–Trinajstić information content (AvgIpc) is 3.05. The zero-order chi connectivity index (χ0) is 42.3. The Morgan fingerprint density at radius 3 is 2.18 bits per heavy atom. The van der Waals surface area contributed by atoms with Gasteiger partial charge in [0.15, 0.2) is 16.6 Å². The Hall–Kier alpha value is -2.09. The van der Waals surface area contributed by atoms with E-state index in [-0.39, 0.29) is 53.0 Å². The van der Waals surface area contributed by atoms with E-state index >= 15 is 0 Å². The quantitative estimate of drug-likeness (QED) is 0.136. The van der Waals surface area contributed by atoms with Gasteiger partial charge in [-0.3, -0.25) is 4.79 Å². The van der Waals surface area contributed by atoms with Crippen LogP contribution in [0.5, 0.6) is 0 Å². The van der Waals surface area contributed by atoms with E-state index in [0.29, 0.717) is 32.3 Å². The summed E-state index contributed by atoms with van der Waals surface area (Å²) >= 11 is 0. The second-order valence-electron chi connectivity index (χ2n) is 20.8. The van der Waals surface area contributed by atoms with Gasteiger partial charge in [0.05, 0.1) is 48.0 Å². The van der Waals surface area contributed by atoms with Gasteiger partial charge >= 0.3 is 11.9 Å². The molecule has 0 spiro atoms. The molecule has 0 saturated carbocycles. The maximum atomic E-state index is 13.6. The SMILES string of the molecule is CC1=C/[C@@H]2O[C@H](C/C=C/C=C/C(=O)O[C@@H]3C[C@@H](/C=C\C\C=C\1)O[C@@H](CCOC(=O)C(C)(C)C)[C@]3(C)CO[Si](C)(C)C(C)(C)C)C[C@@H](O[Si](C)(C)C(C)(C)C)[C@@H]2C. The summed E-state index contributed by atoms with van der Waals surface area (Å²) in [6.07, 6.45) is 20.0. The zero-order valence-corrected chi connectivity index (χ0v) is 40.0. The lowest BCUT2D eigenvalue weighted by Crippen LogP contribution is -2.57. The molecule has 3 rings (SSSR count). The van der Waals surface area contributed by atoms with Crippen molar-refractivity contribution >= 4 is 28.6 Å². The molecule has 8 nitrogen and oxygen atoms in total. The number of hydrogen-bond acceptors (Lipinski definition) is 8. The first-order valence-corrected chi connectivity index (χ1v) is 26.8. The summed E-state index contributed by atoms with van der Waals surface area (Å²) in [5.74, 6) is -0.464. The fourth-order valence-corrected chi connectivity index (χ4v) is 9.19. The van der Waals surface area contributed by atoms with Crippen LogP contribution >= 0.6 is 0 Å². The predicted molar refractivity (Wildman–Crippen MR) is 234 cm³/mol. The van der Waals surface area contributed by atoms with Crippen LogP contribution in [-0.2, 0) is 37.4 Å². The second kappa shape index (κ2) is 19.3. The molecule has 8 atom stereocenters. The molecule has 3 aliphatic heterocycles. The molecule has 0 aromatic rings. The molecule has 56 heavy (non-hydrogen) atoms. The first-order chi connectivity index (χ1) is 25.7.